The Balaban J connectivity index is 3.83. The summed E-state index contributed by atoms with van der Waals surface area (Å²) in [6, 6.07) is 0. The summed E-state index contributed by atoms with van der Waals surface area (Å²) in [6.07, 6.45) is 0. The smallest absolute Gasteiger partial charge is 0.333 e. The number of hydrogen-bond donors (Lipinski definition) is 0. The van der Waals surface area contributed by atoms with Gasteiger partial charge in [0.05, 0.1) is 7.11 Å². The molecule has 8 heavy (non-hydrogen) atoms. The summed E-state index contributed by atoms with van der Waals surface area (Å²) in [5.74, 6) is -0.264. The average molecular weight is 226 g/mol. The molecule has 0 atom stereocenters. The highest BCUT2D eigenvalue weighted by atomic mass is 127. The molecular formula is C5H7IO2. The first kappa shape index (κ1) is 7.94. The van der Waals surface area contributed by atoms with Gasteiger partial charge in [-0.3, -0.25) is 0 Å². The van der Waals surface area contributed by atoms with E-state index in [0.717, 1.165) is 0 Å². The first-order chi connectivity index (χ1) is 3.72. The first-order valence-corrected chi connectivity index (χ1v) is 3.32. The van der Waals surface area contributed by atoms with Gasteiger partial charge < -0.3 is 4.74 Å². The summed E-state index contributed by atoms with van der Waals surface area (Å²) in [5.41, 5.74) is 0.633. The van der Waals surface area contributed by atoms with Gasteiger partial charge in [0, 0.05) is 5.57 Å². The maximum absolute atomic E-state index is 10.4. The van der Waals surface area contributed by atoms with Crippen molar-refractivity contribution < 1.29 is 9.53 Å². The summed E-state index contributed by atoms with van der Waals surface area (Å²) in [4.78, 5) is 10.4. The molecule has 0 rings (SSSR count). The van der Waals surface area contributed by atoms with Gasteiger partial charge in [-0.25, -0.2) is 4.79 Å². The van der Waals surface area contributed by atoms with Crippen LogP contribution in [0.5, 0.6) is 0 Å². The molecule has 0 radical (unpaired) electrons. The Kier molecular flexibility index (Phi) is 3.85. The zero-order chi connectivity index (χ0) is 6.57. The number of ether oxygens (including phenoxy) is 1. The van der Waals surface area contributed by atoms with E-state index in [4.69, 9.17) is 0 Å². The van der Waals surface area contributed by atoms with Crippen LogP contribution in [0.1, 0.15) is 6.92 Å². The molecule has 0 aromatic carbocycles. The van der Waals surface area contributed by atoms with E-state index >= 15 is 0 Å². The maximum Gasteiger partial charge on any atom is 0.333 e. The summed E-state index contributed by atoms with van der Waals surface area (Å²) in [6.45, 7) is 1.71. The number of carbonyl (C=O) groups excluding carboxylic acids is 1. The monoisotopic (exact) mass is 226 g/mol. The van der Waals surface area contributed by atoms with Crippen molar-refractivity contribution in [1.29, 1.82) is 0 Å². The van der Waals surface area contributed by atoms with Crippen LogP contribution in [0.15, 0.2) is 9.66 Å². The van der Waals surface area contributed by atoms with Crippen LogP contribution in [0.4, 0.5) is 0 Å². The second-order valence-corrected chi connectivity index (χ2v) is 1.91. The Bertz CT molecular complexity index is 118. The van der Waals surface area contributed by atoms with E-state index < -0.39 is 0 Å². The molecule has 3 heteroatoms. The predicted octanol–water partition coefficient (Wildman–Crippen LogP) is 1.50. The Morgan fingerprint density at radius 2 is 2.25 bits per heavy atom. The number of halogens is 1. The average Bonchev–Trinajstić information content (AvgIpc) is 1.84. The van der Waals surface area contributed by atoms with Crippen LogP contribution in [0.2, 0.25) is 0 Å². The Morgan fingerprint density at radius 3 is 2.38 bits per heavy atom. The molecule has 0 unspecified atom stereocenters. The number of rotatable bonds is 1. The summed E-state index contributed by atoms with van der Waals surface area (Å²) in [7, 11) is 1.37. The molecular weight excluding hydrogens is 219 g/mol. The fourth-order valence-electron chi connectivity index (χ4n) is 0.206. The molecule has 0 aliphatic heterocycles. The van der Waals surface area contributed by atoms with Crippen molar-refractivity contribution in [2.45, 2.75) is 6.92 Å². The third-order valence-corrected chi connectivity index (χ3v) is 1.61. The largest absolute Gasteiger partial charge is 0.466 e. The van der Waals surface area contributed by atoms with Crippen LogP contribution in [-0.4, -0.2) is 13.1 Å². The van der Waals surface area contributed by atoms with Crippen molar-refractivity contribution >= 4 is 28.6 Å². The molecule has 0 heterocycles. The van der Waals surface area contributed by atoms with Gasteiger partial charge in [-0.2, -0.15) is 0 Å². The van der Waals surface area contributed by atoms with Crippen molar-refractivity contribution in [1.82, 2.24) is 0 Å². The van der Waals surface area contributed by atoms with E-state index in [2.05, 4.69) is 4.74 Å². The maximum atomic E-state index is 10.4. The molecule has 0 bridgehead atoms. The highest BCUT2D eigenvalue weighted by Crippen LogP contribution is 1.98. The number of carbonyl (C=O) groups is 1. The minimum atomic E-state index is -0.264. The molecule has 0 saturated heterocycles. The second kappa shape index (κ2) is 3.88. The van der Waals surface area contributed by atoms with E-state index in [1.807, 2.05) is 22.6 Å². The van der Waals surface area contributed by atoms with Gasteiger partial charge in [0.2, 0.25) is 0 Å². The summed E-state index contributed by atoms with van der Waals surface area (Å²) >= 11 is 1.99. The van der Waals surface area contributed by atoms with E-state index in [9.17, 15) is 4.79 Å². The van der Waals surface area contributed by atoms with Crippen molar-refractivity contribution in [2.24, 2.45) is 0 Å². The van der Waals surface area contributed by atoms with Crippen molar-refractivity contribution in [3.8, 4) is 0 Å². The van der Waals surface area contributed by atoms with Gasteiger partial charge in [-0.05, 0) is 11.0 Å². The fourth-order valence-corrected chi connectivity index (χ4v) is 0.460. The van der Waals surface area contributed by atoms with Crippen LogP contribution in [0.3, 0.4) is 0 Å². The van der Waals surface area contributed by atoms with Gasteiger partial charge >= 0.3 is 5.97 Å². The first-order valence-electron chi connectivity index (χ1n) is 2.07. The molecule has 0 aromatic heterocycles. The molecule has 0 aromatic rings. The molecule has 0 fully saturated rings. The third kappa shape index (κ3) is 2.30. The lowest BCUT2D eigenvalue weighted by Gasteiger charge is -1.93. The van der Waals surface area contributed by atoms with Crippen LogP contribution in [-0.2, 0) is 9.53 Å². The lowest BCUT2D eigenvalue weighted by atomic mass is 10.4. The molecule has 0 aliphatic carbocycles. The second-order valence-electron chi connectivity index (χ2n) is 1.28. The van der Waals surface area contributed by atoms with E-state index in [1.165, 1.54) is 7.11 Å². The molecule has 2 nitrogen and oxygen atoms in total. The van der Waals surface area contributed by atoms with Crippen LogP contribution >= 0.6 is 22.6 Å². The van der Waals surface area contributed by atoms with Gasteiger partial charge in [-0.1, -0.05) is 22.6 Å². The normalized spacial score (nSPS) is 11.1. The lowest BCUT2D eigenvalue weighted by Crippen LogP contribution is -1.99. The molecule has 0 spiro atoms. The topological polar surface area (TPSA) is 26.3 Å². The highest BCUT2D eigenvalue weighted by molar-refractivity contribution is 14.1. The zero-order valence-corrected chi connectivity index (χ0v) is 6.93. The van der Waals surface area contributed by atoms with Crippen molar-refractivity contribution in [3.63, 3.8) is 0 Å². The minimum Gasteiger partial charge on any atom is -0.466 e. The fraction of sp³-hybridized carbons (Fsp3) is 0.400. The summed E-state index contributed by atoms with van der Waals surface area (Å²) in [5, 5.41) is 0. The predicted molar refractivity (Wildman–Crippen MR) is 39.8 cm³/mol. The number of hydrogen-bond acceptors (Lipinski definition) is 2. The molecule has 0 aliphatic rings. The van der Waals surface area contributed by atoms with Gasteiger partial charge in [0.25, 0.3) is 0 Å². The standard InChI is InChI=1S/C5H7IO2/c1-4(3-6)5(7)8-2/h3H,1-2H3/b4-3-. The van der Waals surface area contributed by atoms with Crippen LogP contribution in [0, 0.1) is 0 Å². The minimum absolute atomic E-state index is 0.264. The van der Waals surface area contributed by atoms with E-state index in [-0.39, 0.29) is 5.97 Å². The summed E-state index contributed by atoms with van der Waals surface area (Å²) < 4.78 is 6.07. The third-order valence-electron chi connectivity index (χ3n) is 0.671. The highest BCUT2D eigenvalue weighted by Gasteiger charge is 1.98. The van der Waals surface area contributed by atoms with E-state index in [0.29, 0.717) is 5.57 Å². The molecule has 0 amide bonds. The Hall–Kier alpha value is -0.0600. The Labute approximate surface area is 62.0 Å². The van der Waals surface area contributed by atoms with Crippen LogP contribution < -0.4 is 0 Å². The van der Waals surface area contributed by atoms with Gasteiger partial charge in [0.15, 0.2) is 0 Å². The number of esters is 1. The van der Waals surface area contributed by atoms with Crippen LogP contribution in [0.25, 0.3) is 0 Å². The number of methoxy groups -OCH3 is 1. The van der Waals surface area contributed by atoms with E-state index in [1.54, 1.807) is 11.0 Å². The van der Waals surface area contributed by atoms with Crippen molar-refractivity contribution in [2.75, 3.05) is 7.11 Å². The van der Waals surface area contributed by atoms with Gasteiger partial charge in [-0.15, -0.1) is 0 Å². The molecule has 46 valence electrons. The lowest BCUT2D eigenvalue weighted by molar-refractivity contribution is -0.136. The zero-order valence-electron chi connectivity index (χ0n) is 4.77. The van der Waals surface area contributed by atoms with Gasteiger partial charge in [0.1, 0.15) is 0 Å². The molecule has 0 saturated carbocycles. The quantitative estimate of drug-likeness (QED) is 0.384. The molecule has 0 N–H and O–H groups in total. The van der Waals surface area contributed by atoms with Crippen molar-refractivity contribution in [3.05, 3.63) is 9.66 Å². The Morgan fingerprint density at radius 1 is 1.75 bits per heavy atom. The SMILES string of the molecule is COC(=O)/C(C)=C\I.